The Labute approximate surface area is 118 Å². The standard InChI is InChI=1S/C14H21FN2OS/c1-3-4-5-8-19-10(2)14(18)17-13-9-11(16)6-7-12(13)15/h6-7,9-10H,3-5,8,16H2,1-2H3,(H,17,18). The monoisotopic (exact) mass is 284 g/mol. The Morgan fingerprint density at radius 2 is 2.21 bits per heavy atom. The van der Waals surface area contributed by atoms with Gasteiger partial charge >= 0.3 is 0 Å². The number of hydrogen-bond donors (Lipinski definition) is 2. The van der Waals surface area contributed by atoms with E-state index in [1.807, 2.05) is 6.92 Å². The van der Waals surface area contributed by atoms with Crippen LogP contribution in [-0.4, -0.2) is 16.9 Å². The maximum Gasteiger partial charge on any atom is 0.237 e. The van der Waals surface area contributed by atoms with E-state index in [1.54, 1.807) is 11.8 Å². The van der Waals surface area contributed by atoms with Crippen LogP contribution in [0.3, 0.4) is 0 Å². The van der Waals surface area contributed by atoms with Gasteiger partial charge in [0.2, 0.25) is 5.91 Å². The smallest absolute Gasteiger partial charge is 0.237 e. The van der Waals surface area contributed by atoms with Crippen molar-refractivity contribution in [3.8, 4) is 0 Å². The number of carbonyl (C=O) groups is 1. The maximum absolute atomic E-state index is 13.5. The highest BCUT2D eigenvalue weighted by Crippen LogP contribution is 2.20. The van der Waals surface area contributed by atoms with Gasteiger partial charge in [-0.3, -0.25) is 4.79 Å². The molecular weight excluding hydrogens is 263 g/mol. The van der Waals surface area contributed by atoms with Crippen LogP contribution >= 0.6 is 11.8 Å². The Bertz CT molecular complexity index is 426. The molecule has 1 aromatic rings. The first-order valence-electron chi connectivity index (χ1n) is 6.52. The minimum absolute atomic E-state index is 0.144. The maximum atomic E-state index is 13.5. The van der Waals surface area contributed by atoms with Gasteiger partial charge in [-0.2, -0.15) is 0 Å². The minimum Gasteiger partial charge on any atom is -0.399 e. The second-order valence-electron chi connectivity index (χ2n) is 4.45. The van der Waals surface area contributed by atoms with Gasteiger partial charge in [0.05, 0.1) is 10.9 Å². The average Bonchev–Trinajstić information content (AvgIpc) is 2.38. The molecule has 1 unspecified atom stereocenters. The number of anilines is 2. The summed E-state index contributed by atoms with van der Waals surface area (Å²) in [5.74, 6) is 0.290. The van der Waals surface area contributed by atoms with E-state index >= 15 is 0 Å². The topological polar surface area (TPSA) is 55.1 Å². The van der Waals surface area contributed by atoms with Crippen molar-refractivity contribution < 1.29 is 9.18 Å². The van der Waals surface area contributed by atoms with Gasteiger partial charge in [-0.05, 0) is 37.3 Å². The van der Waals surface area contributed by atoms with Crippen molar-refractivity contribution in [1.82, 2.24) is 0 Å². The predicted molar refractivity (Wildman–Crippen MR) is 80.9 cm³/mol. The molecule has 0 fully saturated rings. The number of rotatable bonds is 7. The number of unbranched alkanes of at least 4 members (excludes halogenated alkanes) is 2. The fourth-order valence-corrected chi connectivity index (χ4v) is 2.50. The summed E-state index contributed by atoms with van der Waals surface area (Å²) in [4.78, 5) is 11.9. The highest BCUT2D eigenvalue weighted by atomic mass is 32.2. The summed E-state index contributed by atoms with van der Waals surface area (Å²) in [5.41, 5.74) is 6.14. The fraction of sp³-hybridized carbons (Fsp3) is 0.500. The van der Waals surface area contributed by atoms with E-state index in [9.17, 15) is 9.18 Å². The number of benzene rings is 1. The highest BCUT2D eigenvalue weighted by Gasteiger charge is 2.15. The zero-order chi connectivity index (χ0) is 14.3. The Morgan fingerprint density at radius 3 is 2.89 bits per heavy atom. The van der Waals surface area contributed by atoms with Crippen LogP contribution in [-0.2, 0) is 4.79 Å². The van der Waals surface area contributed by atoms with Crippen molar-refractivity contribution in [2.45, 2.75) is 38.4 Å². The van der Waals surface area contributed by atoms with Crippen molar-refractivity contribution in [3.63, 3.8) is 0 Å². The molecule has 0 spiro atoms. The number of nitrogens with two attached hydrogens (primary N) is 1. The molecule has 0 aliphatic rings. The van der Waals surface area contributed by atoms with E-state index in [0.29, 0.717) is 5.69 Å². The molecule has 3 nitrogen and oxygen atoms in total. The molecule has 0 heterocycles. The molecule has 0 radical (unpaired) electrons. The van der Waals surface area contributed by atoms with Crippen LogP contribution in [0.1, 0.15) is 33.1 Å². The molecule has 106 valence electrons. The summed E-state index contributed by atoms with van der Waals surface area (Å²) in [5, 5.41) is 2.38. The summed E-state index contributed by atoms with van der Waals surface area (Å²) in [6.45, 7) is 3.97. The van der Waals surface area contributed by atoms with E-state index < -0.39 is 5.82 Å². The zero-order valence-electron chi connectivity index (χ0n) is 11.4. The lowest BCUT2D eigenvalue weighted by Crippen LogP contribution is -2.23. The lowest BCUT2D eigenvalue weighted by atomic mass is 10.2. The number of carbonyl (C=O) groups excluding carboxylic acids is 1. The predicted octanol–water partition coefficient (Wildman–Crippen LogP) is 3.66. The summed E-state index contributed by atoms with van der Waals surface area (Å²) in [7, 11) is 0. The van der Waals surface area contributed by atoms with E-state index in [0.717, 1.165) is 18.6 Å². The van der Waals surface area contributed by atoms with Gasteiger partial charge in [0.25, 0.3) is 0 Å². The lowest BCUT2D eigenvalue weighted by Gasteiger charge is -2.12. The molecule has 0 saturated carbocycles. The molecule has 3 N–H and O–H groups in total. The third-order valence-electron chi connectivity index (χ3n) is 2.73. The number of thioether (sulfide) groups is 1. The molecule has 0 aliphatic heterocycles. The highest BCUT2D eigenvalue weighted by molar-refractivity contribution is 8.00. The molecular formula is C14H21FN2OS. The molecule has 5 heteroatoms. The SMILES string of the molecule is CCCCCSC(C)C(=O)Nc1cc(N)ccc1F. The molecule has 1 aromatic carbocycles. The van der Waals surface area contributed by atoms with E-state index in [4.69, 9.17) is 5.73 Å². The molecule has 0 aliphatic carbocycles. The summed E-state index contributed by atoms with van der Waals surface area (Å²) >= 11 is 1.59. The molecule has 1 atom stereocenters. The van der Waals surface area contributed by atoms with Crippen LogP contribution in [0.15, 0.2) is 18.2 Å². The molecule has 0 aromatic heterocycles. The van der Waals surface area contributed by atoms with Crippen LogP contribution < -0.4 is 11.1 Å². The molecule has 0 bridgehead atoms. The summed E-state index contributed by atoms with van der Waals surface area (Å²) < 4.78 is 13.5. The number of nitrogens with one attached hydrogen (secondary N) is 1. The molecule has 0 saturated heterocycles. The van der Waals surface area contributed by atoms with Gasteiger partial charge in [-0.1, -0.05) is 19.8 Å². The van der Waals surface area contributed by atoms with Crippen molar-refractivity contribution in [1.29, 1.82) is 0 Å². The first kappa shape index (κ1) is 15.8. The Morgan fingerprint density at radius 1 is 1.47 bits per heavy atom. The lowest BCUT2D eigenvalue weighted by molar-refractivity contribution is -0.115. The van der Waals surface area contributed by atoms with Gasteiger partial charge < -0.3 is 11.1 Å². The Kier molecular flexibility index (Phi) is 6.70. The second kappa shape index (κ2) is 8.04. The van der Waals surface area contributed by atoms with Crippen molar-refractivity contribution in [2.75, 3.05) is 16.8 Å². The number of amides is 1. The van der Waals surface area contributed by atoms with Gasteiger partial charge in [-0.25, -0.2) is 4.39 Å². The Balaban J connectivity index is 2.47. The first-order chi connectivity index (χ1) is 9.04. The van der Waals surface area contributed by atoms with E-state index in [1.165, 1.54) is 24.6 Å². The van der Waals surface area contributed by atoms with E-state index in [-0.39, 0.29) is 16.8 Å². The van der Waals surface area contributed by atoms with Crippen LogP contribution in [0.2, 0.25) is 0 Å². The molecule has 1 amide bonds. The van der Waals surface area contributed by atoms with Crippen molar-refractivity contribution in [3.05, 3.63) is 24.0 Å². The molecule has 19 heavy (non-hydrogen) atoms. The van der Waals surface area contributed by atoms with Crippen LogP contribution in [0, 0.1) is 5.82 Å². The third kappa shape index (κ3) is 5.51. The van der Waals surface area contributed by atoms with Gasteiger partial charge in [0, 0.05) is 5.69 Å². The third-order valence-corrected chi connectivity index (χ3v) is 3.97. The van der Waals surface area contributed by atoms with Crippen LogP contribution in [0.25, 0.3) is 0 Å². The van der Waals surface area contributed by atoms with Crippen LogP contribution in [0.4, 0.5) is 15.8 Å². The van der Waals surface area contributed by atoms with Crippen LogP contribution in [0.5, 0.6) is 0 Å². The van der Waals surface area contributed by atoms with Crippen molar-refractivity contribution >= 4 is 29.0 Å². The minimum atomic E-state index is -0.467. The second-order valence-corrected chi connectivity index (χ2v) is 5.90. The quantitative estimate of drug-likeness (QED) is 0.593. The average molecular weight is 284 g/mol. The normalized spacial score (nSPS) is 12.2. The van der Waals surface area contributed by atoms with Gasteiger partial charge in [0.1, 0.15) is 5.82 Å². The molecule has 1 rings (SSSR count). The van der Waals surface area contributed by atoms with Gasteiger partial charge in [-0.15, -0.1) is 11.8 Å². The zero-order valence-corrected chi connectivity index (χ0v) is 12.2. The summed E-state index contributed by atoms with van der Waals surface area (Å²) in [6, 6.07) is 4.15. The van der Waals surface area contributed by atoms with E-state index in [2.05, 4.69) is 12.2 Å². The number of halogens is 1. The Hall–Kier alpha value is -1.23. The number of nitrogen functional groups attached to an aromatic ring is 1. The van der Waals surface area contributed by atoms with Crippen molar-refractivity contribution in [2.24, 2.45) is 0 Å². The summed E-state index contributed by atoms with van der Waals surface area (Å²) in [6.07, 6.45) is 3.44. The number of hydrogen-bond acceptors (Lipinski definition) is 3. The first-order valence-corrected chi connectivity index (χ1v) is 7.57. The fourth-order valence-electron chi connectivity index (χ4n) is 1.56. The largest absolute Gasteiger partial charge is 0.399 e. The van der Waals surface area contributed by atoms with Gasteiger partial charge in [0.15, 0.2) is 0 Å².